The molecule has 1 amide bonds. The van der Waals surface area contributed by atoms with Crippen LogP contribution in [0.15, 0.2) is 66.2 Å². The van der Waals surface area contributed by atoms with Gasteiger partial charge in [-0.25, -0.2) is 4.98 Å². The number of rotatable bonds is 5. The summed E-state index contributed by atoms with van der Waals surface area (Å²) in [6, 6.07) is 17.5. The number of aromatic nitrogens is 1. The molecule has 0 unspecified atom stereocenters. The van der Waals surface area contributed by atoms with Crippen LogP contribution < -0.4 is 15.0 Å². The van der Waals surface area contributed by atoms with Crippen molar-refractivity contribution in [2.75, 3.05) is 25.0 Å². The molecule has 1 fully saturated rings. The van der Waals surface area contributed by atoms with Crippen LogP contribution in [-0.4, -0.2) is 36.6 Å². The van der Waals surface area contributed by atoms with Gasteiger partial charge < -0.3 is 15.0 Å². The van der Waals surface area contributed by atoms with Crippen molar-refractivity contribution in [3.8, 4) is 16.3 Å². The summed E-state index contributed by atoms with van der Waals surface area (Å²) >= 11 is 1.60. The Morgan fingerprint density at radius 1 is 1.11 bits per heavy atom. The van der Waals surface area contributed by atoms with Gasteiger partial charge in [0.1, 0.15) is 10.8 Å². The molecule has 0 saturated carbocycles. The van der Waals surface area contributed by atoms with Crippen molar-refractivity contribution in [3.63, 3.8) is 0 Å². The number of likely N-dealkylation sites (N-methyl/N-ethyl adjacent to an activating group) is 1. The summed E-state index contributed by atoms with van der Waals surface area (Å²) < 4.78 is 6.29. The molecule has 1 aromatic heterocycles. The van der Waals surface area contributed by atoms with Crippen LogP contribution in [0.25, 0.3) is 10.6 Å². The third-order valence-electron chi connectivity index (χ3n) is 5.10. The Balaban J connectivity index is 1.57. The molecule has 0 atom stereocenters. The number of para-hydroxylation sites is 1. The van der Waals surface area contributed by atoms with Crippen molar-refractivity contribution in [2.24, 2.45) is 0 Å². The molecule has 1 saturated heterocycles. The van der Waals surface area contributed by atoms with Crippen LogP contribution in [0.3, 0.4) is 0 Å². The molecule has 1 aliphatic heterocycles. The standard InChI is InChI=1S/C22H23N3O2S/c1-25(18-9-7-17(8-10-18)20-24-15-16-28-20)21(26)22(11-13-23-14-12-22)27-19-5-3-2-4-6-19/h2-10,15-16,23H,11-14H2,1H3. The van der Waals surface area contributed by atoms with Crippen LogP contribution >= 0.6 is 11.3 Å². The van der Waals surface area contributed by atoms with E-state index in [1.807, 2.05) is 67.0 Å². The van der Waals surface area contributed by atoms with Crippen LogP contribution in [0.1, 0.15) is 12.8 Å². The largest absolute Gasteiger partial charge is 0.477 e. The van der Waals surface area contributed by atoms with E-state index < -0.39 is 5.60 Å². The zero-order valence-corrected chi connectivity index (χ0v) is 16.6. The van der Waals surface area contributed by atoms with Gasteiger partial charge >= 0.3 is 0 Å². The molecule has 5 nitrogen and oxygen atoms in total. The molecule has 3 aromatic rings. The molecule has 2 aromatic carbocycles. The van der Waals surface area contributed by atoms with E-state index in [-0.39, 0.29) is 5.91 Å². The van der Waals surface area contributed by atoms with Gasteiger partial charge in [-0.3, -0.25) is 4.79 Å². The van der Waals surface area contributed by atoms with Gasteiger partial charge in [0.25, 0.3) is 5.91 Å². The lowest BCUT2D eigenvalue weighted by atomic mass is 9.90. The predicted molar refractivity (Wildman–Crippen MR) is 113 cm³/mol. The molecule has 2 heterocycles. The lowest BCUT2D eigenvalue weighted by Crippen LogP contribution is -2.57. The molecular weight excluding hydrogens is 370 g/mol. The van der Waals surface area contributed by atoms with Gasteiger partial charge in [0.2, 0.25) is 0 Å². The average Bonchev–Trinajstić information content (AvgIpc) is 3.29. The highest BCUT2D eigenvalue weighted by atomic mass is 32.1. The van der Waals surface area contributed by atoms with Crippen molar-refractivity contribution >= 4 is 22.9 Å². The maximum atomic E-state index is 13.5. The predicted octanol–water partition coefficient (Wildman–Crippen LogP) is 3.97. The first-order valence-electron chi connectivity index (χ1n) is 9.41. The van der Waals surface area contributed by atoms with E-state index in [9.17, 15) is 4.79 Å². The third-order valence-corrected chi connectivity index (χ3v) is 5.92. The van der Waals surface area contributed by atoms with E-state index in [4.69, 9.17) is 4.74 Å². The van der Waals surface area contributed by atoms with Crippen LogP contribution in [0.4, 0.5) is 5.69 Å². The van der Waals surface area contributed by atoms with E-state index in [1.165, 1.54) is 0 Å². The number of piperidine rings is 1. The van der Waals surface area contributed by atoms with Gasteiger partial charge in [-0.2, -0.15) is 0 Å². The molecule has 1 aliphatic rings. The van der Waals surface area contributed by atoms with Crippen LogP contribution in [0.5, 0.6) is 5.75 Å². The summed E-state index contributed by atoms with van der Waals surface area (Å²) in [5.41, 5.74) is 1.05. The van der Waals surface area contributed by atoms with Gasteiger partial charge in [0, 0.05) is 42.7 Å². The molecule has 144 valence electrons. The summed E-state index contributed by atoms with van der Waals surface area (Å²) in [5.74, 6) is 0.713. The Labute approximate surface area is 169 Å². The summed E-state index contributed by atoms with van der Waals surface area (Å²) in [6.07, 6.45) is 3.08. The van der Waals surface area contributed by atoms with Gasteiger partial charge in [-0.1, -0.05) is 18.2 Å². The van der Waals surface area contributed by atoms with Crippen LogP contribution in [-0.2, 0) is 4.79 Å². The summed E-state index contributed by atoms with van der Waals surface area (Å²) in [6.45, 7) is 1.52. The minimum atomic E-state index is -0.852. The van der Waals surface area contributed by atoms with Crippen molar-refractivity contribution in [1.29, 1.82) is 0 Å². The molecule has 0 spiro atoms. The Kier molecular flexibility index (Phi) is 5.41. The Morgan fingerprint density at radius 2 is 1.82 bits per heavy atom. The number of benzene rings is 2. The fraction of sp³-hybridized carbons (Fsp3) is 0.273. The number of anilines is 1. The normalized spacial score (nSPS) is 15.8. The molecule has 0 bridgehead atoms. The van der Waals surface area contributed by atoms with Crippen molar-refractivity contribution in [2.45, 2.75) is 18.4 Å². The number of amides is 1. The van der Waals surface area contributed by atoms with Crippen LogP contribution in [0.2, 0.25) is 0 Å². The quantitative estimate of drug-likeness (QED) is 0.713. The summed E-state index contributed by atoms with van der Waals surface area (Å²) in [7, 11) is 1.82. The van der Waals surface area contributed by atoms with E-state index in [0.717, 1.165) is 35.1 Å². The highest BCUT2D eigenvalue weighted by molar-refractivity contribution is 7.13. The van der Waals surface area contributed by atoms with E-state index in [0.29, 0.717) is 12.8 Å². The van der Waals surface area contributed by atoms with Crippen molar-refractivity contribution < 1.29 is 9.53 Å². The first kappa shape index (κ1) is 18.7. The smallest absolute Gasteiger partial charge is 0.271 e. The molecule has 6 heteroatoms. The summed E-state index contributed by atoms with van der Waals surface area (Å²) in [4.78, 5) is 19.5. The second-order valence-corrected chi connectivity index (χ2v) is 7.80. The average molecular weight is 394 g/mol. The molecule has 4 rings (SSSR count). The Morgan fingerprint density at radius 3 is 2.46 bits per heavy atom. The van der Waals surface area contributed by atoms with Crippen molar-refractivity contribution in [1.82, 2.24) is 10.3 Å². The molecule has 0 radical (unpaired) electrons. The zero-order valence-electron chi connectivity index (χ0n) is 15.8. The second-order valence-electron chi connectivity index (χ2n) is 6.91. The Hall–Kier alpha value is -2.70. The highest BCUT2D eigenvalue weighted by Crippen LogP contribution is 2.31. The minimum absolute atomic E-state index is 0.0140. The van der Waals surface area contributed by atoms with Gasteiger partial charge in [-0.15, -0.1) is 11.3 Å². The highest BCUT2D eigenvalue weighted by Gasteiger charge is 2.44. The first-order valence-corrected chi connectivity index (χ1v) is 10.3. The number of carbonyl (C=O) groups is 1. The second kappa shape index (κ2) is 8.12. The lowest BCUT2D eigenvalue weighted by molar-refractivity contribution is -0.136. The third kappa shape index (κ3) is 3.79. The van der Waals surface area contributed by atoms with Gasteiger partial charge in [-0.05, 0) is 49.5 Å². The van der Waals surface area contributed by atoms with E-state index >= 15 is 0 Å². The molecule has 1 N–H and O–H groups in total. The number of thiazole rings is 1. The Bertz CT molecular complexity index is 905. The lowest BCUT2D eigenvalue weighted by Gasteiger charge is -2.39. The number of carbonyl (C=O) groups excluding carboxylic acids is 1. The first-order chi connectivity index (χ1) is 13.7. The zero-order chi connectivity index (χ0) is 19.4. The summed E-state index contributed by atoms with van der Waals surface area (Å²) in [5, 5.41) is 6.26. The van der Waals surface area contributed by atoms with Gasteiger partial charge in [0.05, 0.1) is 0 Å². The molecule has 28 heavy (non-hydrogen) atoms. The fourth-order valence-corrected chi connectivity index (χ4v) is 4.17. The monoisotopic (exact) mass is 393 g/mol. The number of ether oxygens (including phenoxy) is 1. The number of hydrogen-bond acceptors (Lipinski definition) is 5. The number of nitrogens with zero attached hydrogens (tertiary/aromatic N) is 2. The molecular formula is C22H23N3O2S. The fourth-order valence-electron chi connectivity index (χ4n) is 3.52. The number of hydrogen-bond donors (Lipinski definition) is 1. The van der Waals surface area contributed by atoms with E-state index in [1.54, 1.807) is 22.4 Å². The maximum absolute atomic E-state index is 13.5. The van der Waals surface area contributed by atoms with Gasteiger partial charge in [0.15, 0.2) is 5.60 Å². The van der Waals surface area contributed by atoms with Crippen molar-refractivity contribution in [3.05, 3.63) is 66.2 Å². The number of nitrogens with one attached hydrogen (secondary N) is 1. The maximum Gasteiger partial charge on any atom is 0.271 e. The molecule has 0 aliphatic carbocycles. The SMILES string of the molecule is CN(C(=O)C1(Oc2ccccc2)CCNCC1)c1ccc(-c2nccs2)cc1. The van der Waals surface area contributed by atoms with E-state index in [2.05, 4.69) is 10.3 Å². The minimum Gasteiger partial charge on any atom is -0.477 e. The topological polar surface area (TPSA) is 54.5 Å². The van der Waals surface area contributed by atoms with Crippen LogP contribution in [0, 0.1) is 0 Å².